The minimum absolute atomic E-state index is 0.0689. The van der Waals surface area contributed by atoms with E-state index < -0.39 is 17.5 Å². The van der Waals surface area contributed by atoms with Crippen LogP contribution in [0.5, 0.6) is 0 Å². The summed E-state index contributed by atoms with van der Waals surface area (Å²) < 4.78 is 1.44. The maximum absolute atomic E-state index is 12.6. The van der Waals surface area contributed by atoms with E-state index >= 15 is 0 Å². The molecular formula is C21H20ClN9O3. The first-order chi connectivity index (χ1) is 16.2. The van der Waals surface area contributed by atoms with Crippen LogP contribution in [0.4, 0.5) is 11.6 Å². The van der Waals surface area contributed by atoms with Crippen LogP contribution in [0.15, 0.2) is 48.9 Å². The first-order valence-electron chi connectivity index (χ1n) is 9.95. The third-order valence-electron chi connectivity index (χ3n) is 4.84. The number of rotatable bonds is 5. The van der Waals surface area contributed by atoms with Crippen LogP contribution >= 0.6 is 11.6 Å². The number of aliphatic hydroxyl groups is 1. The maximum Gasteiger partial charge on any atom is 0.277 e. The van der Waals surface area contributed by atoms with E-state index in [1.807, 2.05) is 30.3 Å². The number of hydrogen-bond acceptors (Lipinski definition) is 9. The number of imidazole rings is 1. The summed E-state index contributed by atoms with van der Waals surface area (Å²) in [7, 11) is 0. The SMILES string of the molecule is CC(=O)NNC(=O)c1c(N)ncnc1NC(C)(O)c1cc2ncc(Cl)n2nc1-c1ccccc1. The van der Waals surface area contributed by atoms with Gasteiger partial charge in [-0.1, -0.05) is 41.9 Å². The van der Waals surface area contributed by atoms with Gasteiger partial charge in [0, 0.05) is 18.1 Å². The number of nitrogens with one attached hydrogen (secondary N) is 3. The van der Waals surface area contributed by atoms with Crippen molar-refractivity contribution in [3.05, 3.63) is 65.2 Å². The number of fused-ring (bicyclic) bond motifs is 1. The van der Waals surface area contributed by atoms with Crippen LogP contribution in [0, 0.1) is 0 Å². The molecule has 0 aliphatic carbocycles. The minimum atomic E-state index is -1.82. The van der Waals surface area contributed by atoms with E-state index in [1.165, 1.54) is 24.6 Å². The average Bonchev–Trinajstić information content (AvgIpc) is 3.17. The second kappa shape index (κ2) is 8.92. The molecular weight excluding hydrogens is 462 g/mol. The highest BCUT2D eigenvalue weighted by Crippen LogP contribution is 2.33. The number of hydrazine groups is 1. The van der Waals surface area contributed by atoms with Gasteiger partial charge in [0.25, 0.3) is 5.91 Å². The number of halogens is 1. The summed E-state index contributed by atoms with van der Waals surface area (Å²) in [6.07, 6.45) is 2.58. The first-order valence-corrected chi connectivity index (χ1v) is 10.3. The molecule has 4 rings (SSSR count). The topological polar surface area (TPSA) is 172 Å². The first kappa shape index (κ1) is 22.9. The smallest absolute Gasteiger partial charge is 0.277 e. The fourth-order valence-corrected chi connectivity index (χ4v) is 3.46. The maximum atomic E-state index is 12.6. The number of carbonyl (C=O) groups is 2. The Bertz CT molecular complexity index is 1390. The van der Waals surface area contributed by atoms with Gasteiger partial charge in [0.2, 0.25) is 5.91 Å². The minimum Gasteiger partial charge on any atom is -0.383 e. The van der Waals surface area contributed by atoms with Crippen LogP contribution in [-0.4, -0.2) is 41.5 Å². The molecule has 174 valence electrons. The number of carbonyl (C=O) groups excluding carboxylic acids is 2. The number of nitrogen functional groups attached to an aromatic ring is 1. The van der Waals surface area contributed by atoms with Gasteiger partial charge in [0.05, 0.1) is 11.9 Å². The second-order valence-electron chi connectivity index (χ2n) is 7.44. The van der Waals surface area contributed by atoms with Gasteiger partial charge >= 0.3 is 0 Å². The van der Waals surface area contributed by atoms with Crippen molar-refractivity contribution in [3.63, 3.8) is 0 Å². The van der Waals surface area contributed by atoms with E-state index in [1.54, 1.807) is 6.07 Å². The molecule has 0 fully saturated rings. The van der Waals surface area contributed by atoms with Gasteiger partial charge in [-0.15, -0.1) is 0 Å². The molecule has 6 N–H and O–H groups in total. The van der Waals surface area contributed by atoms with E-state index in [2.05, 4.69) is 36.2 Å². The zero-order valence-electron chi connectivity index (χ0n) is 18.1. The fourth-order valence-electron chi connectivity index (χ4n) is 3.29. The Labute approximate surface area is 198 Å². The molecule has 34 heavy (non-hydrogen) atoms. The number of nitrogens with zero attached hydrogens (tertiary/aromatic N) is 5. The van der Waals surface area contributed by atoms with Gasteiger partial charge in [-0.25, -0.2) is 19.5 Å². The summed E-state index contributed by atoms with van der Waals surface area (Å²) >= 11 is 6.21. The van der Waals surface area contributed by atoms with Crippen molar-refractivity contribution in [1.82, 2.24) is 35.4 Å². The normalized spacial score (nSPS) is 12.7. The Morgan fingerprint density at radius 1 is 1.15 bits per heavy atom. The predicted molar refractivity (Wildman–Crippen MR) is 124 cm³/mol. The number of benzene rings is 1. The number of hydrogen-bond donors (Lipinski definition) is 5. The number of amides is 2. The second-order valence-corrected chi connectivity index (χ2v) is 7.83. The summed E-state index contributed by atoms with van der Waals surface area (Å²) in [5, 5.41) is 19.2. The standard InChI is InChI=1S/C21H20ClN9O3/c1-11(32)28-29-20(33)16-18(23)25-10-26-19(16)27-21(2,34)13-8-15-24-9-14(22)31(15)30-17(13)12-6-4-3-5-7-12/h3-10,34H,1-2H3,(H,28,32)(H,29,33)(H3,23,25,26,27). The van der Waals surface area contributed by atoms with Crippen LogP contribution < -0.4 is 21.9 Å². The van der Waals surface area contributed by atoms with Crippen molar-refractivity contribution in [2.24, 2.45) is 0 Å². The van der Waals surface area contributed by atoms with Gasteiger partial charge in [0.15, 0.2) is 16.5 Å². The van der Waals surface area contributed by atoms with Crippen molar-refractivity contribution >= 4 is 40.7 Å². The Morgan fingerprint density at radius 3 is 2.59 bits per heavy atom. The Kier molecular flexibility index (Phi) is 6.01. The van der Waals surface area contributed by atoms with Crippen molar-refractivity contribution < 1.29 is 14.7 Å². The van der Waals surface area contributed by atoms with Crippen LogP contribution in [0.3, 0.4) is 0 Å². The number of anilines is 2. The molecule has 1 aromatic carbocycles. The molecule has 0 bridgehead atoms. The van der Waals surface area contributed by atoms with E-state index in [9.17, 15) is 14.7 Å². The number of nitrogens with two attached hydrogens (primary N) is 1. The lowest BCUT2D eigenvalue weighted by Crippen LogP contribution is -2.41. The molecule has 0 radical (unpaired) electrons. The molecule has 3 aromatic heterocycles. The fraction of sp³-hybridized carbons (Fsp3) is 0.143. The molecule has 0 aliphatic heterocycles. The van der Waals surface area contributed by atoms with E-state index in [4.69, 9.17) is 17.3 Å². The largest absolute Gasteiger partial charge is 0.383 e. The highest BCUT2D eigenvalue weighted by atomic mass is 35.5. The molecule has 0 spiro atoms. The molecule has 3 heterocycles. The highest BCUT2D eigenvalue weighted by molar-refractivity contribution is 6.29. The van der Waals surface area contributed by atoms with Crippen LogP contribution in [-0.2, 0) is 10.5 Å². The van der Waals surface area contributed by atoms with Crippen molar-refractivity contribution in [1.29, 1.82) is 0 Å². The quantitative estimate of drug-likeness (QED) is 0.209. The monoisotopic (exact) mass is 481 g/mol. The summed E-state index contributed by atoms with van der Waals surface area (Å²) in [6, 6.07) is 10.8. The van der Waals surface area contributed by atoms with Crippen molar-refractivity contribution in [3.8, 4) is 11.3 Å². The molecule has 0 saturated heterocycles. The Balaban J connectivity index is 1.81. The van der Waals surface area contributed by atoms with E-state index in [0.717, 1.165) is 6.33 Å². The van der Waals surface area contributed by atoms with E-state index in [-0.39, 0.29) is 17.2 Å². The molecule has 1 atom stereocenters. The summed E-state index contributed by atoms with van der Waals surface area (Å²) in [5.74, 6) is -1.49. The Morgan fingerprint density at radius 2 is 1.88 bits per heavy atom. The van der Waals surface area contributed by atoms with Crippen LogP contribution in [0.2, 0.25) is 5.15 Å². The summed E-state index contributed by atoms with van der Waals surface area (Å²) in [5.41, 5.74) is 10.1. The highest BCUT2D eigenvalue weighted by Gasteiger charge is 2.32. The van der Waals surface area contributed by atoms with E-state index in [0.29, 0.717) is 27.6 Å². The zero-order valence-corrected chi connectivity index (χ0v) is 18.8. The molecule has 4 aromatic rings. The third kappa shape index (κ3) is 4.44. The molecule has 0 saturated carbocycles. The molecule has 12 nitrogen and oxygen atoms in total. The molecule has 0 aliphatic rings. The van der Waals surface area contributed by atoms with Gasteiger partial charge in [-0.3, -0.25) is 20.4 Å². The zero-order chi connectivity index (χ0) is 24.5. The lowest BCUT2D eigenvalue weighted by Gasteiger charge is -2.28. The third-order valence-corrected chi connectivity index (χ3v) is 5.10. The van der Waals surface area contributed by atoms with Gasteiger partial charge in [-0.05, 0) is 13.0 Å². The summed E-state index contributed by atoms with van der Waals surface area (Å²) in [6.45, 7) is 2.69. The lowest BCUT2D eigenvalue weighted by molar-refractivity contribution is -0.119. The number of aromatic nitrogens is 5. The predicted octanol–water partition coefficient (Wildman–Crippen LogP) is 1.48. The average molecular weight is 482 g/mol. The molecule has 1 unspecified atom stereocenters. The van der Waals surface area contributed by atoms with Gasteiger partial charge in [0.1, 0.15) is 23.5 Å². The summed E-state index contributed by atoms with van der Waals surface area (Å²) in [4.78, 5) is 35.9. The van der Waals surface area contributed by atoms with Crippen LogP contribution in [0.1, 0.15) is 29.8 Å². The Hall–Kier alpha value is -4.29. The van der Waals surface area contributed by atoms with Crippen molar-refractivity contribution in [2.75, 3.05) is 11.1 Å². The molecule has 13 heteroatoms. The van der Waals surface area contributed by atoms with Gasteiger partial charge < -0.3 is 16.2 Å². The van der Waals surface area contributed by atoms with Crippen LogP contribution in [0.25, 0.3) is 16.9 Å². The lowest BCUT2D eigenvalue weighted by atomic mass is 9.98. The van der Waals surface area contributed by atoms with Crippen molar-refractivity contribution in [2.45, 2.75) is 19.6 Å². The molecule has 2 amide bonds. The van der Waals surface area contributed by atoms with Gasteiger partial charge in [-0.2, -0.15) is 5.10 Å².